The van der Waals surface area contributed by atoms with Gasteiger partial charge in [-0.2, -0.15) is 0 Å². The van der Waals surface area contributed by atoms with Crippen LogP contribution in [0.4, 0.5) is 0 Å². The monoisotopic (exact) mass is 321 g/mol. The van der Waals surface area contributed by atoms with E-state index >= 15 is 0 Å². The molecule has 0 aromatic heterocycles. The second kappa shape index (κ2) is 7.65. The first-order valence-electron chi connectivity index (χ1n) is 9.45. The van der Waals surface area contributed by atoms with Crippen molar-refractivity contribution in [2.24, 2.45) is 23.5 Å². The van der Waals surface area contributed by atoms with Crippen molar-refractivity contribution < 1.29 is 9.59 Å². The predicted octanol–water partition coefficient (Wildman–Crippen LogP) is 1.61. The molecule has 1 aliphatic carbocycles. The van der Waals surface area contributed by atoms with Gasteiger partial charge in [-0.05, 0) is 56.9 Å². The molecule has 2 amide bonds. The lowest BCUT2D eigenvalue weighted by atomic mass is 9.90. The van der Waals surface area contributed by atoms with Gasteiger partial charge in [0.1, 0.15) is 0 Å². The smallest absolute Gasteiger partial charge is 0.226 e. The van der Waals surface area contributed by atoms with Gasteiger partial charge < -0.3 is 15.5 Å². The van der Waals surface area contributed by atoms with Gasteiger partial charge in [-0.1, -0.05) is 6.42 Å². The summed E-state index contributed by atoms with van der Waals surface area (Å²) in [6.07, 6.45) is 8.19. The Labute approximate surface area is 139 Å². The molecule has 1 saturated carbocycles. The largest absolute Gasteiger partial charge is 0.343 e. The lowest BCUT2D eigenvalue weighted by Crippen LogP contribution is -2.44. The molecule has 0 spiro atoms. The highest BCUT2D eigenvalue weighted by molar-refractivity contribution is 5.80. The Morgan fingerprint density at radius 3 is 2.22 bits per heavy atom. The lowest BCUT2D eigenvalue weighted by Gasteiger charge is -2.35. The molecule has 130 valence electrons. The van der Waals surface area contributed by atoms with Crippen molar-refractivity contribution in [2.45, 2.75) is 51.4 Å². The quantitative estimate of drug-likeness (QED) is 0.855. The van der Waals surface area contributed by atoms with Crippen LogP contribution in [0.15, 0.2) is 0 Å². The highest BCUT2D eigenvalue weighted by Crippen LogP contribution is 2.33. The van der Waals surface area contributed by atoms with Crippen molar-refractivity contribution in [2.75, 3.05) is 32.7 Å². The van der Waals surface area contributed by atoms with Gasteiger partial charge in [0.05, 0.1) is 0 Å². The molecule has 2 aliphatic heterocycles. The number of hydrogen-bond acceptors (Lipinski definition) is 3. The van der Waals surface area contributed by atoms with Gasteiger partial charge in [-0.3, -0.25) is 9.59 Å². The maximum atomic E-state index is 12.7. The maximum Gasteiger partial charge on any atom is 0.226 e. The first kappa shape index (κ1) is 16.7. The van der Waals surface area contributed by atoms with E-state index in [4.69, 9.17) is 5.73 Å². The number of carbonyl (C=O) groups excluding carboxylic acids is 2. The van der Waals surface area contributed by atoms with Gasteiger partial charge in [0, 0.05) is 38.5 Å². The Balaban J connectivity index is 1.44. The van der Waals surface area contributed by atoms with Gasteiger partial charge in [-0.15, -0.1) is 0 Å². The average molecular weight is 321 g/mol. The van der Waals surface area contributed by atoms with Crippen LogP contribution < -0.4 is 5.73 Å². The zero-order valence-corrected chi connectivity index (χ0v) is 14.2. The lowest BCUT2D eigenvalue weighted by molar-refractivity contribution is -0.138. The summed E-state index contributed by atoms with van der Waals surface area (Å²) in [5, 5.41) is 0. The molecule has 2 heterocycles. The van der Waals surface area contributed by atoms with Crippen LogP contribution in [0.3, 0.4) is 0 Å². The number of nitrogens with zero attached hydrogens (tertiary/aromatic N) is 2. The van der Waals surface area contributed by atoms with Gasteiger partial charge >= 0.3 is 0 Å². The molecule has 23 heavy (non-hydrogen) atoms. The van der Waals surface area contributed by atoms with Crippen LogP contribution >= 0.6 is 0 Å². The summed E-state index contributed by atoms with van der Waals surface area (Å²) < 4.78 is 0. The molecule has 5 heteroatoms. The van der Waals surface area contributed by atoms with E-state index in [-0.39, 0.29) is 5.92 Å². The topological polar surface area (TPSA) is 66.6 Å². The van der Waals surface area contributed by atoms with Gasteiger partial charge in [0.2, 0.25) is 11.8 Å². The van der Waals surface area contributed by atoms with Crippen LogP contribution in [0.5, 0.6) is 0 Å². The Kier molecular flexibility index (Phi) is 5.57. The average Bonchev–Trinajstić information content (AvgIpc) is 3.26. The summed E-state index contributed by atoms with van der Waals surface area (Å²) in [7, 11) is 0. The molecular weight excluding hydrogens is 290 g/mol. The summed E-state index contributed by atoms with van der Waals surface area (Å²) >= 11 is 0. The SMILES string of the molecule is NC[C@H]1CCC[C@H]1C(=O)N1CCC(CC(=O)N2CCCC2)CC1. The predicted molar refractivity (Wildman–Crippen MR) is 89.6 cm³/mol. The van der Waals surface area contributed by atoms with Crippen LogP contribution in [0.2, 0.25) is 0 Å². The van der Waals surface area contributed by atoms with Crippen molar-refractivity contribution >= 4 is 11.8 Å². The fourth-order valence-corrected chi connectivity index (χ4v) is 4.58. The van der Waals surface area contributed by atoms with Crippen molar-refractivity contribution in [3.05, 3.63) is 0 Å². The van der Waals surface area contributed by atoms with E-state index in [0.29, 0.717) is 36.6 Å². The minimum Gasteiger partial charge on any atom is -0.343 e. The third-order valence-corrected chi connectivity index (χ3v) is 6.13. The summed E-state index contributed by atoms with van der Waals surface area (Å²) in [5.41, 5.74) is 5.82. The van der Waals surface area contributed by atoms with E-state index in [1.807, 2.05) is 9.80 Å². The van der Waals surface area contributed by atoms with Gasteiger partial charge in [0.15, 0.2) is 0 Å². The zero-order valence-electron chi connectivity index (χ0n) is 14.2. The first-order valence-corrected chi connectivity index (χ1v) is 9.45. The number of carbonyl (C=O) groups is 2. The van der Waals surface area contributed by atoms with Crippen LogP contribution in [0, 0.1) is 17.8 Å². The van der Waals surface area contributed by atoms with Crippen LogP contribution in [0.1, 0.15) is 51.4 Å². The minimum atomic E-state index is 0.155. The molecule has 3 fully saturated rings. The van der Waals surface area contributed by atoms with E-state index < -0.39 is 0 Å². The number of amides is 2. The Morgan fingerprint density at radius 1 is 0.870 bits per heavy atom. The standard InChI is InChI=1S/C18H31N3O2/c19-13-15-4-3-5-16(15)18(23)21-10-6-14(7-11-21)12-17(22)20-8-1-2-9-20/h14-16H,1-13,19H2/t15-,16-/m1/s1. The van der Waals surface area contributed by atoms with Crippen LogP contribution in [-0.4, -0.2) is 54.3 Å². The number of nitrogens with two attached hydrogens (primary N) is 1. The van der Waals surface area contributed by atoms with E-state index in [1.165, 1.54) is 0 Å². The summed E-state index contributed by atoms with van der Waals surface area (Å²) in [6, 6.07) is 0. The summed E-state index contributed by atoms with van der Waals surface area (Å²) in [5.74, 6) is 1.65. The van der Waals surface area contributed by atoms with Crippen molar-refractivity contribution in [3.63, 3.8) is 0 Å². The van der Waals surface area contributed by atoms with Crippen molar-refractivity contribution in [1.82, 2.24) is 9.80 Å². The highest BCUT2D eigenvalue weighted by atomic mass is 16.2. The van der Waals surface area contributed by atoms with E-state index in [1.54, 1.807) is 0 Å². The van der Waals surface area contributed by atoms with Crippen molar-refractivity contribution in [1.29, 1.82) is 0 Å². The van der Waals surface area contributed by atoms with Gasteiger partial charge in [-0.25, -0.2) is 0 Å². The molecule has 2 N–H and O–H groups in total. The van der Waals surface area contributed by atoms with Crippen LogP contribution in [-0.2, 0) is 9.59 Å². The van der Waals surface area contributed by atoms with E-state index in [9.17, 15) is 9.59 Å². The third kappa shape index (κ3) is 3.87. The summed E-state index contributed by atoms with van der Waals surface area (Å²) in [6.45, 7) is 4.17. The number of piperidine rings is 1. The second-order valence-electron chi connectivity index (χ2n) is 7.59. The van der Waals surface area contributed by atoms with Gasteiger partial charge in [0.25, 0.3) is 0 Å². The molecule has 3 aliphatic rings. The Hall–Kier alpha value is -1.10. The first-order chi connectivity index (χ1) is 11.2. The second-order valence-corrected chi connectivity index (χ2v) is 7.59. The molecule has 0 bridgehead atoms. The third-order valence-electron chi connectivity index (χ3n) is 6.13. The zero-order chi connectivity index (χ0) is 16.2. The fraction of sp³-hybridized carbons (Fsp3) is 0.889. The highest BCUT2D eigenvalue weighted by Gasteiger charge is 2.36. The normalized spacial score (nSPS) is 29.3. The molecular formula is C18H31N3O2. The number of likely N-dealkylation sites (tertiary alicyclic amines) is 2. The van der Waals surface area contributed by atoms with Crippen LogP contribution in [0.25, 0.3) is 0 Å². The Morgan fingerprint density at radius 2 is 1.57 bits per heavy atom. The molecule has 0 radical (unpaired) electrons. The molecule has 3 rings (SSSR count). The number of rotatable bonds is 4. The minimum absolute atomic E-state index is 0.155. The van der Waals surface area contributed by atoms with E-state index in [0.717, 1.165) is 71.1 Å². The number of hydrogen-bond donors (Lipinski definition) is 1. The molecule has 0 aromatic rings. The molecule has 0 aromatic carbocycles. The Bertz CT molecular complexity index is 426. The fourth-order valence-electron chi connectivity index (χ4n) is 4.58. The molecule has 0 unspecified atom stereocenters. The molecule has 2 saturated heterocycles. The summed E-state index contributed by atoms with van der Waals surface area (Å²) in [4.78, 5) is 29.0. The maximum absolute atomic E-state index is 12.7. The molecule has 2 atom stereocenters. The van der Waals surface area contributed by atoms with Crippen molar-refractivity contribution in [3.8, 4) is 0 Å². The van der Waals surface area contributed by atoms with E-state index in [2.05, 4.69) is 0 Å². The molecule has 5 nitrogen and oxygen atoms in total.